The van der Waals surface area contributed by atoms with Crippen molar-refractivity contribution in [1.29, 1.82) is 0 Å². The molecule has 0 amide bonds. The van der Waals surface area contributed by atoms with E-state index >= 15 is 0 Å². The van der Waals surface area contributed by atoms with Crippen molar-refractivity contribution < 1.29 is 28.0 Å². The molecular weight excluding hydrogens is 172 g/mol. The number of hydrogen-bond donors (Lipinski definition) is 1. The summed E-state index contributed by atoms with van der Waals surface area (Å²) in [6.07, 6.45) is -2.06. The first-order valence-electron chi connectivity index (χ1n) is 2.74. The van der Waals surface area contributed by atoms with Crippen molar-refractivity contribution in [3.8, 4) is 0 Å². The van der Waals surface area contributed by atoms with E-state index in [1.165, 1.54) is 0 Å². The van der Waals surface area contributed by atoms with Gasteiger partial charge in [0.15, 0.2) is 6.10 Å². The van der Waals surface area contributed by atoms with E-state index in [2.05, 4.69) is 8.85 Å². The Balaban J connectivity index is 2.74. The van der Waals surface area contributed by atoms with Crippen LogP contribution >= 0.6 is 0 Å². The maximum absolute atomic E-state index is 10.5. The monoisotopic (exact) mass is 176 g/mol. The molecule has 6 nitrogen and oxygen atoms in total. The van der Waals surface area contributed by atoms with Gasteiger partial charge in [0.2, 0.25) is 0 Å². The Hall–Kier alpha value is -1.08. The van der Waals surface area contributed by atoms with Gasteiger partial charge >= 0.3 is 21.1 Å². The molecular formula is C4H4O6Si. The molecule has 7 heteroatoms. The van der Waals surface area contributed by atoms with Gasteiger partial charge in [0.25, 0.3) is 0 Å². The first kappa shape index (κ1) is 8.02. The number of rotatable bonds is 0. The largest absolute Gasteiger partial charge is 0.782 e. The minimum atomic E-state index is -3.07. The predicted octanol–water partition coefficient (Wildman–Crippen LogP) is -1.75. The zero-order valence-corrected chi connectivity index (χ0v) is 6.27. The standard InChI is InChI=1S/C4H4O6Si/c5-2-1-3(6)9-11(8)10-4(2)7/h2,5H,1H2. The van der Waals surface area contributed by atoms with E-state index in [0.717, 1.165) is 0 Å². The third-order valence-corrected chi connectivity index (χ3v) is 1.78. The van der Waals surface area contributed by atoms with E-state index < -0.39 is 33.6 Å². The summed E-state index contributed by atoms with van der Waals surface area (Å²) >= 11 is 0. The lowest BCUT2D eigenvalue weighted by Crippen LogP contribution is -2.23. The van der Waals surface area contributed by atoms with Crippen molar-refractivity contribution in [1.82, 2.24) is 0 Å². The molecule has 1 saturated heterocycles. The van der Waals surface area contributed by atoms with Crippen LogP contribution < -0.4 is 0 Å². The first-order chi connectivity index (χ1) is 5.09. The summed E-state index contributed by atoms with van der Waals surface area (Å²) < 4.78 is 18.5. The van der Waals surface area contributed by atoms with Crippen molar-refractivity contribution in [2.24, 2.45) is 0 Å². The average Bonchev–Trinajstić information content (AvgIpc) is 1.93. The highest BCUT2D eigenvalue weighted by molar-refractivity contribution is 6.33. The summed E-state index contributed by atoms with van der Waals surface area (Å²) in [6.45, 7) is 0. The van der Waals surface area contributed by atoms with Crippen molar-refractivity contribution in [3.05, 3.63) is 0 Å². The summed E-state index contributed by atoms with van der Waals surface area (Å²) in [5.74, 6) is -1.98. The van der Waals surface area contributed by atoms with Crippen LogP contribution in [0, 0.1) is 0 Å². The molecule has 1 N–H and O–H groups in total. The van der Waals surface area contributed by atoms with Crippen molar-refractivity contribution in [2.75, 3.05) is 0 Å². The van der Waals surface area contributed by atoms with E-state index in [1.54, 1.807) is 0 Å². The van der Waals surface area contributed by atoms with Crippen molar-refractivity contribution in [2.45, 2.75) is 12.5 Å². The molecule has 0 bridgehead atoms. The Kier molecular flexibility index (Phi) is 2.10. The summed E-state index contributed by atoms with van der Waals surface area (Å²) in [6, 6.07) is 0. The fourth-order valence-corrected chi connectivity index (χ4v) is 1.16. The van der Waals surface area contributed by atoms with E-state index in [9.17, 15) is 14.1 Å². The van der Waals surface area contributed by atoms with Crippen molar-refractivity contribution in [3.63, 3.8) is 0 Å². The minimum absolute atomic E-state index is 0.505. The summed E-state index contributed by atoms with van der Waals surface area (Å²) in [5, 5.41) is 8.75. The van der Waals surface area contributed by atoms with Gasteiger partial charge in [-0.05, 0) is 0 Å². The highest BCUT2D eigenvalue weighted by Gasteiger charge is 2.32. The van der Waals surface area contributed by atoms with Gasteiger partial charge in [0, 0.05) is 0 Å². The molecule has 60 valence electrons. The molecule has 11 heavy (non-hydrogen) atoms. The maximum Gasteiger partial charge on any atom is 0.782 e. The van der Waals surface area contributed by atoms with Crippen LogP contribution in [0.25, 0.3) is 0 Å². The van der Waals surface area contributed by atoms with Crippen LogP contribution in [-0.4, -0.2) is 32.3 Å². The molecule has 0 aromatic rings. The van der Waals surface area contributed by atoms with Gasteiger partial charge in [0.1, 0.15) is 0 Å². The summed E-state index contributed by atoms with van der Waals surface area (Å²) in [4.78, 5) is 21.0. The van der Waals surface area contributed by atoms with E-state index in [0.29, 0.717) is 0 Å². The van der Waals surface area contributed by atoms with Gasteiger partial charge in [0.05, 0.1) is 6.42 Å². The number of carbonyl (C=O) groups is 2. The number of carbonyl (C=O) groups excluding carboxylic acids is 2. The highest BCUT2D eigenvalue weighted by Crippen LogP contribution is 2.02. The Morgan fingerprint density at radius 2 is 2.09 bits per heavy atom. The number of hydrogen-bond acceptors (Lipinski definition) is 6. The second-order valence-electron chi connectivity index (χ2n) is 1.87. The van der Waals surface area contributed by atoms with Gasteiger partial charge in [-0.1, -0.05) is 0 Å². The van der Waals surface area contributed by atoms with Gasteiger partial charge in [-0.25, -0.2) is 4.79 Å². The molecule has 0 aromatic carbocycles. The zero-order chi connectivity index (χ0) is 8.43. The third-order valence-electron chi connectivity index (χ3n) is 1.01. The molecule has 1 heterocycles. The Morgan fingerprint density at radius 1 is 1.45 bits per heavy atom. The summed E-state index contributed by atoms with van der Waals surface area (Å²) in [5.41, 5.74) is 0. The summed E-state index contributed by atoms with van der Waals surface area (Å²) in [7, 11) is -3.07. The zero-order valence-electron chi connectivity index (χ0n) is 5.27. The average molecular weight is 176 g/mol. The Morgan fingerprint density at radius 3 is 2.73 bits per heavy atom. The second-order valence-corrected chi connectivity index (χ2v) is 2.77. The van der Waals surface area contributed by atoms with Crippen LogP contribution in [-0.2, 0) is 22.9 Å². The molecule has 1 aliphatic heterocycles. The van der Waals surface area contributed by atoms with E-state index in [-0.39, 0.29) is 0 Å². The molecule has 1 atom stereocenters. The molecule has 0 aromatic heterocycles. The Bertz CT molecular complexity index is 223. The maximum atomic E-state index is 10.5. The van der Waals surface area contributed by atoms with Crippen molar-refractivity contribution >= 4 is 21.1 Å². The van der Waals surface area contributed by atoms with Gasteiger partial charge < -0.3 is 14.0 Å². The lowest BCUT2D eigenvalue weighted by Gasteiger charge is -1.98. The van der Waals surface area contributed by atoms with Crippen LogP contribution in [0.2, 0.25) is 0 Å². The van der Waals surface area contributed by atoms with E-state index in [1.807, 2.05) is 0 Å². The smallest absolute Gasteiger partial charge is 0.430 e. The fourth-order valence-electron chi connectivity index (χ4n) is 0.547. The second kappa shape index (κ2) is 2.89. The highest BCUT2D eigenvalue weighted by atomic mass is 28.3. The van der Waals surface area contributed by atoms with Crippen LogP contribution in [0.4, 0.5) is 0 Å². The van der Waals surface area contributed by atoms with Crippen LogP contribution in [0.5, 0.6) is 0 Å². The molecule has 0 aliphatic carbocycles. The molecule has 1 unspecified atom stereocenters. The molecule has 1 fully saturated rings. The topological polar surface area (TPSA) is 89.9 Å². The normalized spacial score (nSPS) is 25.5. The molecule has 1 rings (SSSR count). The third kappa shape index (κ3) is 1.92. The lowest BCUT2D eigenvalue weighted by atomic mass is 10.3. The number of aliphatic hydroxyl groups excluding tert-OH is 1. The van der Waals surface area contributed by atoms with Gasteiger partial charge in [-0.2, -0.15) is 0 Å². The van der Waals surface area contributed by atoms with E-state index in [4.69, 9.17) is 5.11 Å². The van der Waals surface area contributed by atoms with Crippen LogP contribution in [0.3, 0.4) is 0 Å². The quantitative estimate of drug-likeness (QED) is 0.440. The molecule has 0 spiro atoms. The molecule has 1 aliphatic rings. The van der Waals surface area contributed by atoms with Gasteiger partial charge in [-0.15, -0.1) is 0 Å². The SMILES string of the molecule is O=C1CC(O)C(=O)O[Si](=O)O1. The first-order valence-corrected chi connectivity index (χ1v) is 3.96. The van der Waals surface area contributed by atoms with Crippen LogP contribution in [0.1, 0.15) is 6.42 Å². The van der Waals surface area contributed by atoms with Gasteiger partial charge in [-0.3, -0.25) is 9.26 Å². The Labute approximate surface area is 62.6 Å². The predicted molar refractivity (Wildman–Crippen MR) is 29.2 cm³/mol. The van der Waals surface area contributed by atoms with Crippen LogP contribution in [0.15, 0.2) is 0 Å². The molecule has 0 saturated carbocycles. The minimum Gasteiger partial charge on any atom is -0.430 e. The number of aliphatic hydroxyl groups is 1. The fraction of sp³-hybridized carbons (Fsp3) is 0.500. The lowest BCUT2D eigenvalue weighted by molar-refractivity contribution is -0.145. The molecule has 0 radical (unpaired) electrons.